The summed E-state index contributed by atoms with van der Waals surface area (Å²) in [5.74, 6) is -3.83. The molecule has 4 aromatic heterocycles. The second kappa shape index (κ2) is 10.2. The molecule has 4 rings (SSSR count). The van der Waals surface area contributed by atoms with Gasteiger partial charge in [-0.2, -0.15) is 5.10 Å². The van der Waals surface area contributed by atoms with Crippen LogP contribution in [-0.2, 0) is 16.4 Å². The highest BCUT2D eigenvalue weighted by atomic mass is 35.5. The van der Waals surface area contributed by atoms with Gasteiger partial charge in [0.2, 0.25) is 14.9 Å². The Hall–Kier alpha value is -3.71. The number of aryl methyl sites for hydroxylation is 2. The van der Waals surface area contributed by atoms with Crippen LogP contribution in [0.25, 0.3) is 11.5 Å². The average molecular weight is 570 g/mol. The highest BCUT2D eigenvalue weighted by Gasteiger charge is 2.28. The lowest BCUT2D eigenvalue weighted by Crippen LogP contribution is -2.23. The molecule has 0 saturated carbocycles. The summed E-state index contributed by atoms with van der Waals surface area (Å²) in [4.78, 5) is 20.9. The number of halogens is 4. The van der Waals surface area contributed by atoms with Crippen LogP contribution in [0.15, 0.2) is 46.6 Å². The number of sulfone groups is 1. The monoisotopic (exact) mass is 569 g/mol. The molecule has 0 N–H and O–H groups in total. The molecule has 0 spiro atoms. The lowest BCUT2D eigenvalue weighted by molar-refractivity contribution is 0.292. The van der Waals surface area contributed by atoms with Gasteiger partial charge < -0.3 is 4.74 Å². The zero-order valence-electron chi connectivity index (χ0n) is 22.3. The Morgan fingerprint density at radius 1 is 1.11 bits per heavy atom. The Balaban J connectivity index is 1.78. The van der Waals surface area contributed by atoms with Crippen LogP contribution in [0.3, 0.4) is 0 Å². The normalized spacial score (nSPS) is 13.0. The molecule has 4 aromatic rings. The third-order valence-corrected chi connectivity index (χ3v) is 7.83. The summed E-state index contributed by atoms with van der Waals surface area (Å²) in [6, 6.07) is 3.02. The van der Waals surface area contributed by atoms with Crippen LogP contribution in [0.4, 0.5) is 13.2 Å². The molecular weight excluding hydrogens is 547 g/mol. The van der Waals surface area contributed by atoms with Gasteiger partial charge in [-0.1, -0.05) is 11.6 Å². The summed E-state index contributed by atoms with van der Waals surface area (Å²) in [6.07, 6.45) is 2.81. The fourth-order valence-corrected chi connectivity index (χ4v) is 4.54. The zero-order valence-corrected chi connectivity index (χ0v) is 21.9. The van der Waals surface area contributed by atoms with Gasteiger partial charge in [0.15, 0.2) is 17.5 Å². The van der Waals surface area contributed by atoms with E-state index in [1.54, 1.807) is 6.92 Å². The first-order valence-corrected chi connectivity index (χ1v) is 12.9. The highest BCUT2D eigenvalue weighted by Crippen LogP contribution is 2.27. The summed E-state index contributed by atoms with van der Waals surface area (Å²) in [7, 11) is -4.03. The van der Waals surface area contributed by atoms with Crippen molar-refractivity contribution in [2.45, 2.75) is 44.5 Å². The number of nitrogens with zero attached hydrogens (tertiary/aromatic N) is 5. The molecule has 4 heterocycles. The van der Waals surface area contributed by atoms with Gasteiger partial charge in [-0.25, -0.2) is 31.3 Å². The van der Waals surface area contributed by atoms with E-state index in [0.29, 0.717) is 17.8 Å². The average Bonchev–Trinajstić information content (AvgIpc) is 3.25. The van der Waals surface area contributed by atoms with Gasteiger partial charge in [0, 0.05) is 30.1 Å². The minimum absolute atomic E-state index is 0.0124. The van der Waals surface area contributed by atoms with Crippen LogP contribution < -0.4 is 10.3 Å². The van der Waals surface area contributed by atoms with Crippen LogP contribution >= 0.6 is 11.6 Å². The predicted octanol–water partition coefficient (Wildman–Crippen LogP) is 4.26. The Bertz CT molecular complexity index is 1810. The number of pyridine rings is 3. The van der Waals surface area contributed by atoms with Crippen molar-refractivity contribution in [3.05, 3.63) is 86.6 Å². The zero-order chi connectivity index (χ0) is 29.7. The molecule has 0 radical (unpaired) electrons. The minimum atomic E-state index is -4.03. The maximum absolute atomic E-state index is 14.5. The molecule has 0 aliphatic carbocycles. The van der Waals surface area contributed by atoms with E-state index in [-0.39, 0.29) is 17.2 Å². The van der Waals surface area contributed by atoms with Crippen molar-refractivity contribution >= 4 is 21.4 Å². The SMILES string of the molecule is [2H]C([2H])(Oc1cc(C)n(-c2cc(-n3cc(F)c(S(=O)(=O)C(C)C)n3)ncc2C)c(=O)c1Cl)c1ncc(F)cc1F. The number of hydrogen-bond acceptors (Lipinski definition) is 7. The van der Waals surface area contributed by atoms with E-state index < -0.39 is 66.1 Å². The third kappa shape index (κ3) is 5.03. The van der Waals surface area contributed by atoms with Gasteiger partial charge in [-0.15, -0.1) is 0 Å². The van der Waals surface area contributed by atoms with Crippen molar-refractivity contribution in [2.24, 2.45) is 0 Å². The first-order chi connectivity index (χ1) is 18.5. The largest absolute Gasteiger partial charge is 0.485 e. The molecular formula is C24H21ClF3N5O4S. The molecule has 200 valence electrons. The number of aromatic nitrogens is 5. The van der Waals surface area contributed by atoms with Crippen molar-refractivity contribution < 1.29 is 29.1 Å². The molecule has 14 heteroatoms. The molecule has 38 heavy (non-hydrogen) atoms. The molecule has 0 aliphatic heterocycles. The fourth-order valence-electron chi connectivity index (χ4n) is 3.39. The second-order valence-corrected chi connectivity index (χ2v) is 11.2. The molecule has 0 aromatic carbocycles. The minimum Gasteiger partial charge on any atom is -0.485 e. The lowest BCUT2D eigenvalue weighted by atomic mass is 10.2. The van der Waals surface area contributed by atoms with Crippen molar-refractivity contribution in [3.8, 4) is 17.3 Å². The topological polar surface area (TPSA) is 109 Å². The quantitative estimate of drug-likeness (QED) is 0.327. The van der Waals surface area contributed by atoms with E-state index >= 15 is 0 Å². The van der Waals surface area contributed by atoms with E-state index in [2.05, 4.69) is 15.1 Å². The molecule has 0 bridgehead atoms. The Kier molecular flexibility index (Phi) is 6.62. The maximum Gasteiger partial charge on any atom is 0.277 e. The number of hydrogen-bond donors (Lipinski definition) is 0. The standard InChI is InChI=1S/C24H21ClF3N5O4S/c1-12(2)38(35,36)23-17(28)10-32(31-23)21-7-19(13(3)8-30-21)33-14(4)5-20(22(25)24(33)34)37-11-18-16(27)6-15(26)9-29-18/h5-10,12H,11H2,1-4H3/i11D2. The van der Waals surface area contributed by atoms with Crippen LogP contribution in [0.1, 0.15) is 33.5 Å². The lowest BCUT2D eigenvalue weighted by Gasteiger charge is -2.16. The van der Waals surface area contributed by atoms with Gasteiger partial charge in [0.1, 0.15) is 28.8 Å². The van der Waals surface area contributed by atoms with Crippen LogP contribution in [0.5, 0.6) is 5.75 Å². The van der Waals surface area contributed by atoms with Crippen LogP contribution in [0, 0.1) is 31.3 Å². The van der Waals surface area contributed by atoms with Gasteiger partial charge in [0.25, 0.3) is 5.56 Å². The van der Waals surface area contributed by atoms with Crippen molar-refractivity contribution in [3.63, 3.8) is 0 Å². The van der Waals surface area contributed by atoms with Gasteiger partial charge in [0.05, 0.1) is 26.1 Å². The van der Waals surface area contributed by atoms with E-state index in [1.807, 2.05) is 0 Å². The van der Waals surface area contributed by atoms with Gasteiger partial charge in [-0.05, 0) is 33.3 Å². The molecule has 9 nitrogen and oxygen atoms in total. The highest BCUT2D eigenvalue weighted by molar-refractivity contribution is 7.91. The summed E-state index contributed by atoms with van der Waals surface area (Å²) in [5, 5.41) is 1.62. The molecule has 0 unspecified atom stereocenters. The van der Waals surface area contributed by atoms with Crippen molar-refractivity contribution in [1.29, 1.82) is 0 Å². The fraction of sp³-hybridized carbons (Fsp3) is 0.250. The molecule has 0 saturated heterocycles. The Labute approximate surface area is 223 Å². The van der Waals surface area contributed by atoms with E-state index in [0.717, 1.165) is 15.4 Å². The molecule has 0 aliphatic rings. The first kappa shape index (κ1) is 24.6. The van der Waals surface area contributed by atoms with Crippen LogP contribution in [-0.4, -0.2) is 38.0 Å². The van der Waals surface area contributed by atoms with E-state index in [1.165, 1.54) is 39.1 Å². The molecule has 0 fully saturated rings. The van der Waals surface area contributed by atoms with Gasteiger partial charge in [-0.3, -0.25) is 14.3 Å². The van der Waals surface area contributed by atoms with E-state index in [4.69, 9.17) is 19.1 Å². The van der Waals surface area contributed by atoms with Crippen molar-refractivity contribution in [2.75, 3.05) is 0 Å². The number of ether oxygens (including phenoxy) is 1. The molecule has 0 amide bonds. The van der Waals surface area contributed by atoms with Crippen LogP contribution in [0.2, 0.25) is 5.02 Å². The van der Waals surface area contributed by atoms with Crippen molar-refractivity contribution in [1.82, 2.24) is 24.3 Å². The maximum atomic E-state index is 14.5. The second-order valence-electron chi connectivity index (χ2n) is 8.44. The summed E-state index contributed by atoms with van der Waals surface area (Å²) < 4.78 is 90.2. The Morgan fingerprint density at radius 3 is 2.47 bits per heavy atom. The smallest absolute Gasteiger partial charge is 0.277 e. The predicted molar refractivity (Wildman–Crippen MR) is 132 cm³/mol. The third-order valence-electron chi connectivity index (χ3n) is 5.43. The summed E-state index contributed by atoms with van der Waals surface area (Å²) >= 11 is 6.24. The summed E-state index contributed by atoms with van der Waals surface area (Å²) in [5.41, 5.74) is -0.821. The van der Waals surface area contributed by atoms with E-state index in [9.17, 15) is 26.4 Å². The summed E-state index contributed by atoms with van der Waals surface area (Å²) in [6.45, 7) is 2.96. The first-order valence-electron chi connectivity index (χ1n) is 11.9. The van der Waals surface area contributed by atoms with Gasteiger partial charge >= 0.3 is 0 Å². The molecule has 0 atom stereocenters. The Morgan fingerprint density at radius 2 is 1.82 bits per heavy atom. The number of rotatable bonds is 7.